The Morgan fingerprint density at radius 1 is 0.489 bits per heavy atom. The number of ether oxygens (including phenoxy) is 1. The first-order valence-corrected chi connectivity index (χ1v) is 14.9. The van der Waals surface area contributed by atoms with Gasteiger partial charge in [-0.25, -0.2) is 4.98 Å². The molecule has 0 atom stereocenters. The maximum Gasteiger partial charge on any atom is 0.139 e. The molecule has 0 aliphatic rings. The molecule has 3 heterocycles. The van der Waals surface area contributed by atoms with Crippen molar-refractivity contribution in [2.75, 3.05) is 7.11 Å². The molecule has 4 heteroatoms. The molecule has 3 aromatic heterocycles. The van der Waals surface area contributed by atoms with E-state index in [1.807, 2.05) is 36.4 Å². The predicted molar refractivity (Wildman–Crippen MR) is 183 cm³/mol. The largest absolute Gasteiger partial charge is 0.497 e. The predicted octanol–water partition coefficient (Wildman–Crippen LogP) is 10.7. The van der Waals surface area contributed by atoms with Crippen LogP contribution in [0.3, 0.4) is 0 Å². The van der Waals surface area contributed by atoms with E-state index >= 15 is 0 Å². The van der Waals surface area contributed by atoms with Crippen molar-refractivity contribution in [2.45, 2.75) is 0 Å². The van der Waals surface area contributed by atoms with E-state index in [4.69, 9.17) is 19.1 Å². The summed E-state index contributed by atoms with van der Waals surface area (Å²) in [5.74, 6) is 0.790. The van der Waals surface area contributed by atoms with Gasteiger partial charge in [-0.05, 0) is 58.7 Å². The number of pyridine rings is 2. The molecule has 0 radical (unpaired) electrons. The molecular weight excluding hydrogens is 552 g/mol. The maximum atomic E-state index is 6.12. The summed E-state index contributed by atoms with van der Waals surface area (Å²) in [6, 6.07) is 50.2. The third-order valence-electron chi connectivity index (χ3n) is 8.26. The lowest BCUT2D eigenvalue weighted by Gasteiger charge is -2.11. The highest BCUT2D eigenvalue weighted by molar-refractivity contribution is 6.11. The van der Waals surface area contributed by atoms with Gasteiger partial charge in [0.05, 0.1) is 29.6 Å². The Balaban J connectivity index is 1.13. The smallest absolute Gasteiger partial charge is 0.139 e. The summed E-state index contributed by atoms with van der Waals surface area (Å²) >= 11 is 0. The second-order valence-corrected chi connectivity index (χ2v) is 11.0. The maximum absolute atomic E-state index is 6.12. The van der Waals surface area contributed by atoms with Gasteiger partial charge in [0.1, 0.15) is 16.9 Å². The molecule has 0 unspecified atom stereocenters. The molecule has 0 aliphatic carbocycles. The van der Waals surface area contributed by atoms with Gasteiger partial charge in [-0.3, -0.25) is 4.98 Å². The lowest BCUT2D eigenvalue weighted by atomic mass is 9.97. The fraction of sp³-hybridized carbons (Fsp3) is 0.0244. The number of aromatic nitrogens is 2. The zero-order valence-electron chi connectivity index (χ0n) is 24.6. The first-order valence-electron chi connectivity index (χ1n) is 14.9. The van der Waals surface area contributed by atoms with Crippen molar-refractivity contribution < 1.29 is 9.15 Å². The van der Waals surface area contributed by atoms with Crippen LogP contribution in [0.5, 0.6) is 5.75 Å². The van der Waals surface area contributed by atoms with E-state index in [0.29, 0.717) is 0 Å². The van der Waals surface area contributed by atoms with E-state index in [1.54, 1.807) is 13.3 Å². The van der Waals surface area contributed by atoms with Gasteiger partial charge in [0, 0.05) is 28.3 Å². The Kier molecular flexibility index (Phi) is 6.65. The first kappa shape index (κ1) is 26.6. The number of fused-ring (bicyclic) bond motifs is 3. The van der Waals surface area contributed by atoms with Gasteiger partial charge in [0.15, 0.2) is 0 Å². The van der Waals surface area contributed by atoms with Crippen LogP contribution in [0.4, 0.5) is 0 Å². The Hall–Kier alpha value is -6.00. The molecule has 8 aromatic rings. The molecule has 8 rings (SSSR count). The van der Waals surface area contributed by atoms with E-state index in [9.17, 15) is 0 Å². The summed E-state index contributed by atoms with van der Waals surface area (Å²) in [4.78, 5) is 9.78. The molecule has 45 heavy (non-hydrogen) atoms. The topological polar surface area (TPSA) is 48.2 Å². The number of furan rings is 1. The fourth-order valence-electron chi connectivity index (χ4n) is 5.93. The Morgan fingerprint density at radius 2 is 1.04 bits per heavy atom. The standard InChI is InChI=1S/C41H28N2O2/c1-44-34-20-21-38-35(26-34)40-39(45-38)22-23-42-41(40)32-18-16-28(17-19-32)27-12-14-29(15-13-27)33-24-36(30-8-4-2-5-9-30)43-37(25-33)31-10-6-3-7-11-31/h2-26H,1H3. The van der Waals surface area contributed by atoms with E-state index < -0.39 is 0 Å². The van der Waals surface area contributed by atoms with E-state index in [0.717, 1.165) is 83.7 Å². The summed E-state index contributed by atoms with van der Waals surface area (Å²) in [6.07, 6.45) is 1.80. The minimum absolute atomic E-state index is 0.790. The number of methoxy groups -OCH3 is 1. The summed E-state index contributed by atoms with van der Waals surface area (Å²) in [7, 11) is 1.68. The number of rotatable bonds is 6. The molecule has 214 valence electrons. The summed E-state index contributed by atoms with van der Waals surface area (Å²) < 4.78 is 11.6. The van der Waals surface area contributed by atoms with Crippen LogP contribution in [-0.4, -0.2) is 17.1 Å². The van der Waals surface area contributed by atoms with E-state index in [2.05, 4.69) is 109 Å². The highest BCUT2D eigenvalue weighted by atomic mass is 16.5. The van der Waals surface area contributed by atoms with Crippen LogP contribution >= 0.6 is 0 Å². The zero-order chi connectivity index (χ0) is 30.2. The van der Waals surface area contributed by atoms with Crippen LogP contribution in [0, 0.1) is 0 Å². The minimum Gasteiger partial charge on any atom is -0.497 e. The second-order valence-electron chi connectivity index (χ2n) is 11.0. The van der Waals surface area contributed by atoms with Crippen molar-refractivity contribution in [3.63, 3.8) is 0 Å². The van der Waals surface area contributed by atoms with Crippen molar-refractivity contribution >= 4 is 21.9 Å². The molecule has 0 N–H and O–H groups in total. The van der Waals surface area contributed by atoms with Gasteiger partial charge in [0.25, 0.3) is 0 Å². The molecule has 0 saturated heterocycles. The van der Waals surface area contributed by atoms with Crippen molar-refractivity contribution in [2.24, 2.45) is 0 Å². The zero-order valence-corrected chi connectivity index (χ0v) is 24.6. The Labute approximate surface area is 261 Å². The van der Waals surface area contributed by atoms with Crippen LogP contribution in [-0.2, 0) is 0 Å². The molecular formula is C41H28N2O2. The third kappa shape index (κ3) is 5.02. The monoisotopic (exact) mass is 580 g/mol. The molecule has 0 fully saturated rings. The highest BCUT2D eigenvalue weighted by Gasteiger charge is 2.15. The van der Waals surface area contributed by atoms with Crippen LogP contribution in [0.15, 0.2) is 156 Å². The van der Waals surface area contributed by atoms with E-state index in [1.165, 1.54) is 0 Å². The number of hydrogen-bond donors (Lipinski definition) is 0. The number of hydrogen-bond acceptors (Lipinski definition) is 4. The van der Waals surface area contributed by atoms with Crippen molar-refractivity contribution in [3.05, 3.63) is 152 Å². The molecule has 0 aliphatic heterocycles. The summed E-state index contributed by atoms with van der Waals surface area (Å²) in [5.41, 5.74) is 12.2. The second kappa shape index (κ2) is 11.3. The van der Waals surface area contributed by atoms with Crippen LogP contribution < -0.4 is 4.74 Å². The van der Waals surface area contributed by atoms with Gasteiger partial charge in [-0.2, -0.15) is 0 Å². The van der Waals surface area contributed by atoms with Gasteiger partial charge in [0.2, 0.25) is 0 Å². The van der Waals surface area contributed by atoms with Gasteiger partial charge in [-0.15, -0.1) is 0 Å². The normalized spacial score (nSPS) is 11.2. The van der Waals surface area contributed by atoms with Crippen molar-refractivity contribution in [1.82, 2.24) is 9.97 Å². The molecule has 0 amide bonds. The minimum atomic E-state index is 0.790. The SMILES string of the molecule is COc1ccc2oc3ccnc(-c4ccc(-c5ccc(-c6cc(-c7ccccc7)nc(-c7ccccc7)c6)cc5)cc4)c3c2c1. The average molecular weight is 581 g/mol. The number of nitrogens with zero attached hydrogens (tertiary/aromatic N) is 2. The fourth-order valence-corrected chi connectivity index (χ4v) is 5.93. The van der Waals surface area contributed by atoms with Crippen LogP contribution in [0.2, 0.25) is 0 Å². The van der Waals surface area contributed by atoms with Crippen molar-refractivity contribution in [1.29, 1.82) is 0 Å². The van der Waals surface area contributed by atoms with Gasteiger partial charge >= 0.3 is 0 Å². The molecule has 4 nitrogen and oxygen atoms in total. The summed E-state index contributed by atoms with van der Waals surface area (Å²) in [5, 5.41) is 1.99. The molecule has 0 bridgehead atoms. The molecule has 0 saturated carbocycles. The quantitative estimate of drug-likeness (QED) is 0.196. The third-order valence-corrected chi connectivity index (χ3v) is 8.26. The van der Waals surface area contributed by atoms with Crippen molar-refractivity contribution in [3.8, 4) is 61.8 Å². The van der Waals surface area contributed by atoms with Crippen LogP contribution in [0.1, 0.15) is 0 Å². The Bertz CT molecular complexity index is 2210. The molecule has 0 spiro atoms. The van der Waals surface area contributed by atoms with Gasteiger partial charge in [-0.1, -0.05) is 109 Å². The lowest BCUT2D eigenvalue weighted by Crippen LogP contribution is -1.91. The highest BCUT2D eigenvalue weighted by Crippen LogP contribution is 2.38. The average Bonchev–Trinajstić information content (AvgIpc) is 3.50. The number of benzene rings is 5. The molecule has 5 aromatic carbocycles. The Morgan fingerprint density at radius 3 is 1.62 bits per heavy atom. The van der Waals surface area contributed by atoms with Gasteiger partial charge < -0.3 is 9.15 Å². The lowest BCUT2D eigenvalue weighted by molar-refractivity contribution is 0.415. The first-order chi connectivity index (χ1) is 22.2. The van der Waals surface area contributed by atoms with Crippen LogP contribution in [0.25, 0.3) is 78.0 Å². The van der Waals surface area contributed by atoms with E-state index in [-0.39, 0.29) is 0 Å². The summed E-state index contributed by atoms with van der Waals surface area (Å²) in [6.45, 7) is 0.